The van der Waals surface area contributed by atoms with E-state index in [1.807, 2.05) is 0 Å². The second kappa shape index (κ2) is 6.87. The number of carbonyl (C=O) groups is 1. The Balaban J connectivity index is 1.32. The van der Waals surface area contributed by atoms with Crippen LogP contribution in [0.5, 0.6) is 0 Å². The number of nitrogens with one attached hydrogen (secondary N) is 2. The molecule has 2 heterocycles. The van der Waals surface area contributed by atoms with E-state index in [1.165, 1.54) is 12.8 Å². The molecule has 2 atom stereocenters. The van der Waals surface area contributed by atoms with Gasteiger partial charge in [0.05, 0.1) is 24.9 Å². The highest BCUT2D eigenvalue weighted by molar-refractivity contribution is 5.76. The van der Waals surface area contributed by atoms with Crippen molar-refractivity contribution in [3.05, 3.63) is 0 Å². The first-order valence-corrected chi connectivity index (χ1v) is 8.06. The van der Waals surface area contributed by atoms with Crippen LogP contribution in [0.25, 0.3) is 0 Å². The molecule has 2 aliphatic heterocycles. The van der Waals surface area contributed by atoms with Crippen molar-refractivity contribution >= 4 is 5.91 Å². The first-order valence-electron chi connectivity index (χ1n) is 8.06. The minimum Gasteiger partial charge on any atom is -0.378 e. The number of piperidine rings is 1. The maximum absolute atomic E-state index is 12.0. The van der Waals surface area contributed by atoms with Gasteiger partial charge in [0.1, 0.15) is 0 Å². The molecule has 1 amide bonds. The van der Waals surface area contributed by atoms with Crippen LogP contribution in [0.15, 0.2) is 0 Å². The van der Waals surface area contributed by atoms with E-state index in [9.17, 15) is 4.79 Å². The van der Waals surface area contributed by atoms with Crippen LogP contribution in [0, 0.1) is 5.92 Å². The molecule has 0 aromatic heterocycles. The third kappa shape index (κ3) is 3.93. The Labute approximate surface area is 120 Å². The molecule has 1 aliphatic carbocycles. The zero-order valence-corrected chi connectivity index (χ0v) is 12.1. The predicted molar refractivity (Wildman–Crippen MR) is 75.5 cm³/mol. The third-order valence-electron chi connectivity index (χ3n) is 4.54. The van der Waals surface area contributed by atoms with Gasteiger partial charge in [0.15, 0.2) is 0 Å². The summed E-state index contributed by atoms with van der Waals surface area (Å²) in [6, 6.07) is 0.230. The van der Waals surface area contributed by atoms with Gasteiger partial charge in [-0.15, -0.1) is 0 Å². The normalized spacial score (nSPS) is 31.4. The van der Waals surface area contributed by atoms with E-state index in [4.69, 9.17) is 9.47 Å². The van der Waals surface area contributed by atoms with Gasteiger partial charge in [0.25, 0.3) is 0 Å². The summed E-state index contributed by atoms with van der Waals surface area (Å²) >= 11 is 0. The van der Waals surface area contributed by atoms with Gasteiger partial charge in [-0.05, 0) is 51.1 Å². The van der Waals surface area contributed by atoms with Gasteiger partial charge in [-0.3, -0.25) is 4.79 Å². The van der Waals surface area contributed by atoms with Crippen LogP contribution in [0.1, 0.15) is 38.5 Å². The first-order chi connectivity index (χ1) is 9.83. The molecule has 3 fully saturated rings. The average Bonchev–Trinajstić information content (AvgIpc) is 3.21. The average molecular weight is 282 g/mol. The Bertz CT molecular complexity index is 327. The molecule has 20 heavy (non-hydrogen) atoms. The van der Waals surface area contributed by atoms with Crippen LogP contribution < -0.4 is 10.6 Å². The van der Waals surface area contributed by atoms with E-state index in [1.54, 1.807) is 0 Å². The predicted octanol–water partition coefficient (Wildman–Crippen LogP) is 0.829. The number of amides is 1. The van der Waals surface area contributed by atoms with Gasteiger partial charge in [-0.1, -0.05) is 0 Å². The summed E-state index contributed by atoms with van der Waals surface area (Å²) in [6.45, 7) is 3.38. The van der Waals surface area contributed by atoms with Gasteiger partial charge in [0, 0.05) is 13.0 Å². The lowest BCUT2D eigenvalue weighted by Crippen LogP contribution is -2.42. The smallest absolute Gasteiger partial charge is 0.222 e. The summed E-state index contributed by atoms with van der Waals surface area (Å²) in [4.78, 5) is 12.0. The maximum atomic E-state index is 12.0. The van der Waals surface area contributed by atoms with Crippen molar-refractivity contribution < 1.29 is 14.3 Å². The molecule has 1 saturated carbocycles. The van der Waals surface area contributed by atoms with Crippen molar-refractivity contribution in [1.29, 1.82) is 0 Å². The molecule has 0 spiro atoms. The van der Waals surface area contributed by atoms with Crippen LogP contribution >= 0.6 is 0 Å². The summed E-state index contributed by atoms with van der Waals surface area (Å²) in [5, 5.41) is 6.44. The summed E-state index contributed by atoms with van der Waals surface area (Å²) in [6.07, 6.45) is 6.66. The van der Waals surface area contributed by atoms with Crippen molar-refractivity contribution in [2.75, 3.05) is 26.3 Å². The molecule has 0 aromatic rings. The molecule has 5 heteroatoms. The fourth-order valence-electron chi connectivity index (χ4n) is 3.21. The minimum absolute atomic E-state index is 0.111. The molecule has 2 unspecified atom stereocenters. The van der Waals surface area contributed by atoms with Crippen molar-refractivity contribution in [3.63, 3.8) is 0 Å². The number of ether oxygens (including phenoxy) is 2. The zero-order chi connectivity index (χ0) is 13.8. The number of carbonyl (C=O) groups excluding carboxylic acids is 1. The summed E-state index contributed by atoms with van der Waals surface area (Å²) in [5.41, 5.74) is 0. The molecule has 0 aromatic carbocycles. The van der Waals surface area contributed by atoms with Crippen LogP contribution in [-0.4, -0.2) is 50.5 Å². The van der Waals surface area contributed by atoms with Gasteiger partial charge in [-0.2, -0.15) is 0 Å². The SMILES string of the molecule is O=C(CCOC1CCNCC1)NC1CCOC1C1CC1. The second-order valence-electron chi connectivity index (χ2n) is 6.21. The standard InChI is InChI=1S/C15H26N2O3/c18-14(6-10-19-12-3-7-16-8-4-12)17-13-5-9-20-15(13)11-1-2-11/h11-13,15-16H,1-10H2,(H,17,18). The second-order valence-corrected chi connectivity index (χ2v) is 6.21. The summed E-state index contributed by atoms with van der Waals surface area (Å²) < 4.78 is 11.5. The Morgan fingerprint density at radius 2 is 2.00 bits per heavy atom. The third-order valence-corrected chi connectivity index (χ3v) is 4.54. The van der Waals surface area contributed by atoms with Gasteiger partial charge >= 0.3 is 0 Å². The largest absolute Gasteiger partial charge is 0.378 e. The molecular formula is C15H26N2O3. The Kier molecular flexibility index (Phi) is 4.91. The highest BCUT2D eigenvalue weighted by atomic mass is 16.5. The maximum Gasteiger partial charge on any atom is 0.222 e. The quantitative estimate of drug-likeness (QED) is 0.757. The van der Waals surface area contributed by atoms with Crippen molar-refractivity contribution in [3.8, 4) is 0 Å². The van der Waals surface area contributed by atoms with Gasteiger partial charge in [0.2, 0.25) is 5.91 Å². The molecule has 0 radical (unpaired) electrons. The number of hydrogen-bond donors (Lipinski definition) is 2. The zero-order valence-electron chi connectivity index (χ0n) is 12.1. The van der Waals surface area contributed by atoms with Crippen LogP contribution in [-0.2, 0) is 14.3 Å². The van der Waals surface area contributed by atoms with E-state index >= 15 is 0 Å². The van der Waals surface area contributed by atoms with Crippen molar-refractivity contribution in [2.45, 2.75) is 56.8 Å². The van der Waals surface area contributed by atoms with Gasteiger partial charge in [-0.25, -0.2) is 0 Å². The van der Waals surface area contributed by atoms with E-state index in [-0.39, 0.29) is 18.1 Å². The highest BCUT2D eigenvalue weighted by Crippen LogP contribution is 2.38. The molecule has 2 saturated heterocycles. The Morgan fingerprint density at radius 3 is 2.75 bits per heavy atom. The van der Waals surface area contributed by atoms with E-state index in [0.717, 1.165) is 39.0 Å². The molecule has 5 nitrogen and oxygen atoms in total. The number of hydrogen-bond acceptors (Lipinski definition) is 4. The van der Waals surface area contributed by atoms with E-state index in [0.29, 0.717) is 25.0 Å². The highest BCUT2D eigenvalue weighted by Gasteiger charge is 2.41. The molecule has 3 aliphatic rings. The lowest BCUT2D eigenvalue weighted by molar-refractivity contribution is -0.124. The lowest BCUT2D eigenvalue weighted by atomic mass is 10.1. The fraction of sp³-hybridized carbons (Fsp3) is 0.933. The molecule has 114 valence electrons. The summed E-state index contributed by atoms with van der Waals surface area (Å²) in [5.74, 6) is 0.800. The lowest BCUT2D eigenvalue weighted by Gasteiger charge is -2.23. The minimum atomic E-state index is 0.111. The first kappa shape index (κ1) is 14.3. The monoisotopic (exact) mass is 282 g/mol. The van der Waals surface area contributed by atoms with Crippen LogP contribution in [0.2, 0.25) is 0 Å². The molecule has 0 bridgehead atoms. The fourth-order valence-corrected chi connectivity index (χ4v) is 3.21. The molecular weight excluding hydrogens is 256 g/mol. The van der Waals surface area contributed by atoms with Gasteiger partial charge < -0.3 is 20.1 Å². The van der Waals surface area contributed by atoms with E-state index in [2.05, 4.69) is 10.6 Å². The number of rotatable bonds is 6. The Hall–Kier alpha value is -0.650. The van der Waals surface area contributed by atoms with Crippen molar-refractivity contribution in [2.24, 2.45) is 5.92 Å². The van der Waals surface area contributed by atoms with Crippen molar-refractivity contribution in [1.82, 2.24) is 10.6 Å². The molecule has 2 N–H and O–H groups in total. The summed E-state index contributed by atoms with van der Waals surface area (Å²) in [7, 11) is 0. The van der Waals surface area contributed by atoms with Crippen LogP contribution in [0.3, 0.4) is 0 Å². The molecule has 3 rings (SSSR count). The Morgan fingerprint density at radius 1 is 1.20 bits per heavy atom. The van der Waals surface area contributed by atoms with Crippen LogP contribution in [0.4, 0.5) is 0 Å². The van der Waals surface area contributed by atoms with E-state index < -0.39 is 0 Å². The topological polar surface area (TPSA) is 59.6 Å².